The van der Waals surface area contributed by atoms with Crippen LogP contribution in [-0.4, -0.2) is 22.5 Å². The van der Waals surface area contributed by atoms with Gasteiger partial charge < -0.3 is 15.2 Å². The third kappa shape index (κ3) is 5.11. The van der Waals surface area contributed by atoms with E-state index in [1.165, 1.54) is 18.3 Å². The van der Waals surface area contributed by atoms with E-state index in [0.717, 1.165) is 16.6 Å². The lowest BCUT2D eigenvalue weighted by Gasteiger charge is -2.13. The molecule has 5 nitrogen and oxygen atoms in total. The number of benzene rings is 2. The lowest BCUT2D eigenvalue weighted by atomic mass is 10.1. The number of carbonyl (C=O) groups excluding carboxylic acids is 1. The molecule has 0 aliphatic carbocycles. The van der Waals surface area contributed by atoms with E-state index in [9.17, 15) is 18.7 Å². The molecule has 3 rings (SSSR count). The molecule has 1 amide bonds. The molecule has 0 saturated carbocycles. The van der Waals surface area contributed by atoms with Crippen LogP contribution in [0.3, 0.4) is 0 Å². The summed E-state index contributed by atoms with van der Waals surface area (Å²) in [7, 11) is 0. The third-order valence-electron chi connectivity index (χ3n) is 3.79. The summed E-state index contributed by atoms with van der Waals surface area (Å²) in [5, 5.41) is 12.5. The van der Waals surface area contributed by atoms with Crippen molar-refractivity contribution in [2.24, 2.45) is 0 Å². The minimum atomic E-state index is -1.31. The molecule has 0 spiro atoms. The predicted molar refractivity (Wildman–Crippen MR) is 102 cm³/mol. The maximum Gasteiger partial charge on any atom is 0.252 e. The Morgan fingerprint density at radius 3 is 2.68 bits per heavy atom. The van der Waals surface area contributed by atoms with E-state index in [1.807, 2.05) is 12.1 Å². The molecule has 2 N–H and O–H groups in total. The normalized spacial score (nSPS) is 11.7. The summed E-state index contributed by atoms with van der Waals surface area (Å²) in [6, 6.07) is 13.1. The lowest BCUT2D eigenvalue weighted by Crippen LogP contribution is -2.28. The Balaban J connectivity index is 1.58. The van der Waals surface area contributed by atoms with E-state index in [4.69, 9.17) is 4.74 Å². The fourth-order valence-electron chi connectivity index (χ4n) is 2.40. The van der Waals surface area contributed by atoms with Crippen molar-refractivity contribution >= 4 is 21.8 Å². The molecule has 3 aromatic rings. The van der Waals surface area contributed by atoms with Crippen molar-refractivity contribution in [2.45, 2.75) is 6.10 Å². The first-order valence-corrected chi connectivity index (χ1v) is 9.02. The lowest BCUT2D eigenvalue weighted by molar-refractivity contribution is 0.0913. The second kappa shape index (κ2) is 8.90. The SMILES string of the molecule is O=C(NCC(O)c1ccc(F)cc1F)c1ccc(Oc2cccc(Br)c2)nc1. The fraction of sp³-hybridized carbons (Fsp3) is 0.100. The highest BCUT2D eigenvalue weighted by Gasteiger charge is 2.15. The van der Waals surface area contributed by atoms with Crippen LogP contribution in [0.4, 0.5) is 8.78 Å². The average Bonchev–Trinajstić information content (AvgIpc) is 2.66. The molecule has 1 atom stereocenters. The highest BCUT2D eigenvalue weighted by molar-refractivity contribution is 9.10. The number of nitrogens with zero attached hydrogens (tertiary/aromatic N) is 1. The van der Waals surface area contributed by atoms with Gasteiger partial charge in [-0.3, -0.25) is 4.79 Å². The maximum absolute atomic E-state index is 13.7. The first-order valence-electron chi connectivity index (χ1n) is 8.23. The molecule has 1 aromatic heterocycles. The van der Waals surface area contributed by atoms with Gasteiger partial charge in [0.15, 0.2) is 0 Å². The van der Waals surface area contributed by atoms with Crippen LogP contribution < -0.4 is 10.1 Å². The van der Waals surface area contributed by atoms with Gasteiger partial charge in [-0.1, -0.05) is 28.1 Å². The maximum atomic E-state index is 13.7. The van der Waals surface area contributed by atoms with Gasteiger partial charge in [0, 0.05) is 34.9 Å². The average molecular weight is 449 g/mol. The first kappa shape index (κ1) is 19.9. The molecular weight excluding hydrogens is 434 g/mol. The largest absolute Gasteiger partial charge is 0.439 e. The van der Waals surface area contributed by atoms with E-state index >= 15 is 0 Å². The monoisotopic (exact) mass is 448 g/mol. The molecule has 28 heavy (non-hydrogen) atoms. The number of halogens is 3. The summed E-state index contributed by atoms with van der Waals surface area (Å²) < 4.78 is 33.0. The Morgan fingerprint density at radius 2 is 2.00 bits per heavy atom. The zero-order valence-corrected chi connectivity index (χ0v) is 16.0. The van der Waals surface area contributed by atoms with Crippen LogP contribution in [0.5, 0.6) is 11.6 Å². The van der Waals surface area contributed by atoms with Gasteiger partial charge in [-0.15, -0.1) is 0 Å². The first-order chi connectivity index (χ1) is 13.4. The van der Waals surface area contributed by atoms with Gasteiger partial charge in [-0.05, 0) is 30.3 Å². The van der Waals surface area contributed by atoms with E-state index in [0.29, 0.717) is 17.7 Å². The van der Waals surface area contributed by atoms with Crippen molar-refractivity contribution in [3.05, 3.63) is 88.0 Å². The molecule has 0 fully saturated rings. The number of nitrogens with one attached hydrogen (secondary N) is 1. The second-order valence-corrected chi connectivity index (χ2v) is 6.75. The smallest absolute Gasteiger partial charge is 0.252 e. The zero-order chi connectivity index (χ0) is 20.1. The Kier molecular flexibility index (Phi) is 6.33. The highest BCUT2D eigenvalue weighted by atomic mass is 79.9. The van der Waals surface area contributed by atoms with E-state index in [2.05, 4.69) is 26.2 Å². The summed E-state index contributed by atoms with van der Waals surface area (Å²) >= 11 is 3.34. The number of aliphatic hydroxyl groups excluding tert-OH is 1. The number of hydrogen-bond acceptors (Lipinski definition) is 4. The van der Waals surface area contributed by atoms with Gasteiger partial charge in [-0.25, -0.2) is 13.8 Å². The molecule has 2 aromatic carbocycles. The number of ether oxygens (including phenoxy) is 1. The zero-order valence-electron chi connectivity index (χ0n) is 14.4. The minimum Gasteiger partial charge on any atom is -0.439 e. The molecule has 1 unspecified atom stereocenters. The number of hydrogen-bond donors (Lipinski definition) is 2. The Morgan fingerprint density at radius 1 is 1.18 bits per heavy atom. The molecule has 0 aliphatic heterocycles. The van der Waals surface area contributed by atoms with Gasteiger partial charge in [-0.2, -0.15) is 0 Å². The van der Waals surface area contributed by atoms with Gasteiger partial charge in [0.05, 0.1) is 11.7 Å². The number of rotatable bonds is 6. The van der Waals surface area contributed by atoms with Gasteiger partial charge in [0.25, 0.3) is 5.91 Å². The van der Waals surface area contributed by atoms with Crippen LogP contribution in [0.25, 0.3) is 0 Å². The summed E-state index contributed by atoms with van der Waals surface area (Å²) in [5.74, 6) is -1.22. The van der Waals surface area contributed by atoms with E-state index in [-0.39, 0.29) is 17.7 Å². The molecule has 0 aliphatic rings. The summed E-state index contributed by atoms with van der Waals surface area (Å²) in [6.45, 7) is -0.238. The second-order valence-electron chi connectivity index (χ2n) is 5.84. The molecule has 0 saturated heterocycles. The van der Waals surface area contributed by atoms with Crippen molar-refractivity contribution in [3.8, 4) is 11.6 Å². The topological polar surface area (TPSA) is 71.5 Å². The van der Waals surface area contributed by atoms with Crippen molar-refractivity contribution in [1.82, 2.24) is 10.3 Å². The number of aliphatic hydroxyl groups is 1. The molecule has 1 heterocycles. The van der Waals surface area contributed by atoms with Crippen LogP contribution in [0, 0.1) is 11.6 Å². The molecule has 8 heteroatoms. The van der Waals surface area contributed by atoms with Crippen molar-refractivity contribution < 1.29 is 23.4 Å². The van der Waals surface area contributed by atoms with Crippen LogP contribution in [0.2, 0.25) is 0 Å². The molecule has 144 valence electrons. The van der Waals surface area contributed by atoms with Crippen molar-refractivity contribution in [3.63, 3.8) is 0 Å². The summed E-state index contributed by atoms with van der Waals surface area (Å²) in [4.78, 5) is 16.2. The minimum absolute atomic E-state index is 0.0994. The predicted octanol–water partition coefficient (Wildman–Crippen LogP) is 4.38. The van der Waals surface area contributed by atoms with Crippen LogP contribution in [-0.2, 0) is 0 Å². The molecule has 0 bridgehead atoms. The summed E-state index contributed by atoms with van der Waals surface area (Å²) in [6.07, 6.45) is 0.0182. The van der Waals surface area contributed by atoms with Crippen LogP contribution in [0.15, 0.2) is 65.3 Å². The Hall–Kier alpha value is -2.84. The Bertz CT molecular complexity index is 983. The van der Waals surface area contributed by atoms with Gasteiger partial charge in [0.1, 0.15) is 17.4 Å². The molecule has 0 radical (unpaired) electrons. The standard InChI is InChI=1S/C20H15BrF2N2O3/c21-13-2-1-3-15(8-13)28-19-7-4-12(10-24-19)20(27)25-11-18(26)16-6-5-14(22)9-17(16)23/h1-10,18,26H,11H2,(H,25,27). The van der Waals surface area contributed by atoms with E-state index in [1.54, 1.807) is 12.1 Å². The molecular formula is C20H15BrF2N2O3. The van der Waals surface area contributed by atoms with Crippen LogP contribution >= 0.6 is 15.9 Å². The number of amides is 1. The number of carbonyl (C=O) groups is 1. The summed E-state index contributed by atoms with van der Waals surface area (Å²) in [5.41, 5.74) is 0.144. The van der Waals surface area contributed by atoms with Crippen molar-refractivity contribution in [2.75, 3.05) is 6.54 Å². The number of pyridine rings is 1. The van der Waals surface area contributed by atoms with Gasteiger partial charge in [0.2, 0.25) is 5.88 Å². The quantitative estimate of drug-likeness (QED) is 0.586. The highest BCUT2D eigenvalue weighted by Crippen LogP contribution is 2.23. The van der Waals surface area contributed by atoms with Crippen molar-refractivity contribution in [1.29, 1.82) is 0 Å². The third-order valence-corrected chi connectivity index (χ3v) is 4.29. The fourth-order valence-corrected chi connectivity index (χ4v) is 2.78. The number of aromatic nitrogens is 1. The van der Waals surface area contributed by atoms with E-state index < -0.39 is 23.6 Å². The Labute approximate surface area is 168 Å². The van der Waals surface area contributed by atoms with Gasteiger partial charge >= 0.3 is 0 Å². The van der Waals surface area contributed by atoms with Crippen LogP contribution in [0.1, 0.15) is 22.0 Å².